The summed E-state index contributed by atoms with van der Waals surface area (Å²) in [6, 6.07) is 150. The Hall–Kier alpha value is -16.3. The topological polar surface area (TPSA) is 77.3 Å². The van der Waals surface area contributed by atoms with Gasteiger partial charge in [-0.1, -0.05) is 399 Å². The van der Waals surface area contributed by atoms with E-state index in [4.69, 9.17) is 29.9 Å². The number of fused-ring (bicyclic) bond motifs is 2. The number of aromatic nitrogens is 6. The quantitative estimate of drug-likeness (QED) is 0.0757. The van der Waals surface area contributed by atoms with Crippen molar-refractivity contribution in [3.05, 3.63) is 460 Å². The van der Waals surface area contributed by atoms with Gasteiger partial charge in [0.25, 0.3) is 0 Å². The lowest BCUT2D eigenvalue weighted by atomic mass is 9.82. The molecule has 5 heterocycles. The number of pyridine rings is 4. The molecule has 0 aliphatic rings. The summed E-state index contributed by atoms with van der Waals surface area (Å²) in [4.78, 5) is 29.8. The van der Waals surface area contributed by atoms with Crippen LogP contribution in [-0.2, 0) is 21.7 Å². The average Bonchev–Trinajstić information content (AvgIpc) is 0.751. The van der Waals surface area contributed by atoms with Gasteiger partial charge in [-0.05, 0) is 296 Å². The number of hydrogen-bond donors (Lipinski definition) is 0. The molecule has 0 aliphatic heterocycles. The van der Waals surface area contributed by atoms with Gasteiger partial charge in [-0.2, -0.15) is 0 Å². The highest BCUT2D eigenvalue weighted by molar-refractivity contribution is 6.10. The Morgan fingerprint density at radius 3 is 0.612 bits per heavy atom. The maximum Gasteiger partial charge on any atom is 0.116 e. The monoisotopic (exact) mass is 1790 g/mol. The van der Waals surface area contributed by atoms with Crippen LogP contribution in [0.1, 0.15) is 112 Å². The van der Waals surface area contributed by atoms with Crippen molar-refractivity contribution in [3.63, 3.8) is 0 Å². The zero-order valence-corrected chi connectivity index (χ0v) is 81.0. The lowest BCUT2D eigenvalue weighted by Gasteiger charge is -2.23. The molecule has 0 N–H and O–H groups in total. The van der Waals surface area contributed by atoms with Crippen molar-refractivity contribution in [2.75, 3.05) is 0 Å². The molecule has 0 saturated heterocycles. The molecular formula is C133H110N6. The Morgan fingerprint density at radius 2 is 0.360 bits per heavy atom. The van der Waals surface area contributed by atoms with E-state index in [1.165, 1.54) is 22.3 Å². The zero-order chi connectivity index (χ0) is 95.3. The maximum absolute atomic E-state index is 5.17. The first-order chi connectivity index (χ1) is 67.5. The van der Waals surface area contributed by atoms with Crippen LogP contribution in [0.5, 0.6) is 0 Å². The third-order valence-corrected chi connectivity index (χ3v) is 28.2. The summed E-state index contributed by atoms with van der Waals surface area (Å²) in [6.45, 7) is 27.1. The predicted octanol–water partition coefficient (Wildman–Crippen LogP) is 35.9. The first-order valence-electron chi connectivity index (χ1n) is 48.5. The van der Waals surface area contributed by atoms with Gasteiger partial charge in [-0.15, -0.1) is 0 Å². The van der Waals surface area contributed by atoms with Crippen LogP contribution in [0.2, 0.25) is 0 Å². The highest BCUT2D eigenvalue weighted by atomic mass is 14.8. The van der Waals surface area contributed by atoms with Crippen LogP contribution < -0.4 is 0 Å². The number of hydrogen-bond acceptors (Lipinski definition) is 6. The Bertz CT molecular complexity index is 7960. The summed E-state index contributed by atoms with van der Waals surface area (Å²) in [7, 11) is 0. The van der Waals surface area contributed by atoms with Crippen LogP contribution in [-0.4, -0.2) is 29.9 Å². The molecule has 0 radical (unpaired) electrons. The average molecular weight is 1790 g/mol. The van der Waals surface area contributed by atoms with E-state index in [0.717, 1.165) is 229 Å². The Labute approximate surface area is 817 Å². The highest BCUT2D eigenvalue weighted by Crippen LogP contribution is 2.50. The van der Waals surface area contributed by atoms with Gasteiger partial charge in [-0.25, -0.2) is 9.97 Å². The summed E-state index contributed by atoms with van der Waals surface area (Å²) >= 11 is 0. The van der Waals surface area contributed by atoms with E-state index in [0.29, 0.717) is 0 Å². The van der Waals surface area contributed by atoms with Crippen LogP contribution in [0, 0.1) is 0 Å². The fourth-order valence-electron chi connectivity index (χ4n) is 19.9. The fraction of sp³-hybridized carbons (Fsp3) is 0.128. The molecular weight excluding hydrogens is 1680 g/mol. The first kappa shape index (κ1) is 89.3. The third kappa shape index (κ3) is 18.1. The van der Waals surface area contributed by atoms with Gasteiger partial charge in [0.15, 0.2) is 0 Å². The molecule has 5 aromatic heterocycles. The highest BCUT2D eigenvalue weighted by Gasteiger charge is 2.27. The molecule has 0 unspecified atom stereocenters. The molecule has 6 nitrogen and oxygen atoms in total. The molecule has 0 spiro atoms. The van der Waals surface area contributed by atoms with Crippen molar-refractivity contribution >= 4 is 21.5 Å². The molecule has 0 saturated carbocycles. The van der Waals surface area contributed by atoms with Crippen molar-refractivity contribution < 1.29 is 0 Å². The molecule has 21 rings (SSSR count). The van der Waals surface area contributed by atoms with E-state index in [9.17, 15) is 0 Å². The molecule has 16 aromatic carbocycles. The van der Waals surface area contributed by atoms with Gasteiger partial charge < -0.3 is 0 Å². The second kappa shape index (κ2) is 37.1. The van der Waals surface area contributed by atoms with E-state index in [1.54, 1.807) is 6.33 Å². The van der Waals surface area contributed by atoms with Crippen molar-refractivity contribution in [3.8, 4) is 201 Å². The van der Waals surface area contributed by atoms with E-state index >= 15 is 0 Å². The zero-order valence-electron chi connectivity index (χ0n) is 81.0. The molecule has 0 fully saturated rings. The SMILES string of the molecule is CCC(C)(C)c1ccnc(-c2ccc(-c3ccccc3-c3cc(-c4ccccc4-c4ccc(-c5cc(C(C)(C)C)ccn5)cc4)cc(-c4ccccc4-c4ccc(-c5cc(-c6ccc(-c7ccccc7-c7cc(-c8ccccc8-c8ccc(-c9cc(C(C)(C)C)ccn9)cc8)cc(-c8ccccc8-c8ccc(-c9cc(C(C)(C)C)ccn9)cc8)c7)c7ccccc67)ncn5)c5ccccc45)c3)cc2)c1. The third-order valence-electron chi connectivity index (χ3n) is 28.2. The predicted molar refractivity (Wildman–Crippen MR) is 585 cm³/mol. The summed E-state index contributed by atoms with van der Waals surface area (Å²) in [5.74, 6) is 0. The van der Waals surface area contributed by atoms with Gasteiger partial charge >= 0.3 is 0 Å². The lowest BCUT2D eigenvalue weighted by Crippen LogP contribution is -2.15. The van der Waals surface area contributed by atoms with Gasteiger partial charge in [0.1, 0.15) is 6.33 Å². The van der Waals surface area contributed by atoms with Crippen molar-refractivity contribution in [1.82, 2.24) is 29.9 Å². The molecule has 21 aromatic rings. The minimum atomic E-state index is -0.00866. The van der Waals surface area contributed by atoms with E-state index in [-0.39, 0.29) is 21.7 Å². The van der Waals surface area contributed by atoms with Crippen LogP contribution in [0.4, 0.5) is 0 Å². The van der Waals surface area contributed by atoms with Gasteiger partial charge in [0, 0.05) is 58.2 Å². The van der Waals surface area contributed by atoms with Crippen molar-refractivity contribution in [1.29, 1.82) is 0 Å². The van der Waals surface area contributed by atoms with Crippen LogP contribution in [0.25, 0.3) is 223 Å². The summed E-state index contributed by atoms with van der Waals surface area (Å²) in [6.07, 6.45) is 10.5. The van der Waals surface area contributed by atoms with Crippen molar-refractivity contribution in [2.45, 2.75) is 111 Å². The Balaban J connectivity index is 0.647. The van der Waals surface area contributed by atoms with Gasteiger partial charge in [-0.3, -0.25) is 19.9 Å². The van der Waals surface area contributed by atoms with Crippen molar-refractivity contribution in [2.24, 2.45) is 0 Å². The number of benzene rings is 16. The first-order valence-corrected chi connectivity index (χ1v) is 48.5. The molecule has 139 heavy (non-hydrogen) atoms. The molecule has 0 bridgehead atoms. The van der Waals surface area contributed by atoms with E-state index in [2.05, 4.69) is 490 Å². The summed E-state index contributed by atoms with van der Waals surface area (Å²) in [5, 5.41) is 4.41. The smallest absolute Gasteiger partial charge is 0.116 e. The normalized spacial score (nSPS) is 11.9. The van der Waals surface area contributed by atoms with Gasteiger partial charge in [0.05, 0.1) is 34.2 Å². The van der Waals surface area contributed by atoms with Crippen LogP contribution in [0.3, 0.4) is 0 Å². The van der Waals surface area contributed by atoms with Gasteiger partial charge in [0.2, 0.25) is 0 Å². The van der Waals surface area contributed by atoms with E-state index in [1.807, 2.05) is 24.8 Å². The minimum absolute atomic E-state index is 0.00845. The number of rotatable bonds is 20. The Kier molecular flexibility index (Phi) is 23.8. The van der Waals surface area contributed by atoms with E-state index < -0.39 is 0 Å². The van der Waals surface area contributed by atoms with Crippen LogP contribution >= 0.6 is 0 Å². The standard InChI is InChI=1S/C133H110N6/c1-13-133(11,12)103-69-73-137-127(83-103)93-60-52-89(53-61-93)107-33-17-21-37-111(107)97-75-96(110-36-20-16-32-106(110)88-50-58-92(59-51-88)126-82-102(68-72-136-126)132(8,9)10)78-99(79-97)113-39-23-25-41-115(113)121-63-65-123(119-45-29-27-43-117(119)121)129-84-128(138-85-139-129)122-64-62-120(116-42-26-28-44-118(116)122)114-40-24-22-38-112(114)98-76-94(108-34-18-14-30-104(108)86-46-54-90(55-47-86)124-80-100(66-70-134-124)130(2,3)4)74-95(77-98)109-35-19-15-31-105(109)87-48-56-91(57-49-87)125-81-101(67-71-135-125)131(5,6)7/h14-85H,13H2,1-12H3. The minimum Gasteiger partial charge on any atom is -0.256 e. The second-order valence-electron chi connectivity index (χ2n) is 40.6. The molecule has 672 valence electrons. The molecule has 0 atom stereocenters. The van der Waals surface area contributed by atoms with Crippen LogP contribution in [0.15, 0.2) is 438 Å². The number of nitrogens with zero attached hydrogens (tertiary/aromatic N) is 6. The second-order valence-corrected chi connectivity index (χ2v) is 40.6. The molecule has 6 heteroatoms. The summed E-state index contributed by atoms with van der Waals surface area (Å²) < 4.78 is 0. The maximum atomic E-state index is 5.17. The fourth-order valence-corrected chi connectivity index (χ4v) is 19.9. The molecule has 0 aliphatic carbocycles. The summed E-state index contributed by atoms with van der Waals surface area (Å²) in [5.41, 5.74) is 43.9. The lowest BCUT2D eigenvalue weighted by molar-refractivity contribution is 0.506. The Morgan fingerprint density at radius 1 is 0.158 bits per heavy atom. The largest absolute Gasteiger partial charge is 0.256 e. The molecule has 0 amide bonds.